The van der Waals surface area contributed by atoms with Gasteiger partial charge in [0.05, 0.1) is 40.4 Å². The highest BCUT2D eigenvalue weighted by molar-refractivity contribution is 7.99. The Kier molecular flexibility index (Phi) is 9.06. The average molecular weight is 548 g/mol. The lowest BCUT2D eigenvalue weighted by molar-refractivity contribution is -0.118. The number of carbonyl (C=O) groups excluding carboxylic acids is 1. The van der Waals surface area contributed by atoms with Gasteiger partial charge >= 0.3 is 0 Å². The van der Waals surface area contributed by atoms with Crippen molar-refractivity contribution in [3.63, 3.8) is 0 Å². The van der Waals surface area contributed by atoms with Crippen LogP contribution in [0.3, 0.4) is 0 Å². The van der Waals surface area contributed by atoms with E-state index in [1.165, 1.54) is 39.3 Å². The lowest BCUT2D eigenvalue weighted by Gasteiger charge is -2.12. The summed E-state index contributed by atoms with van der Waals surface area (Å²) in [4.78, 5) is 12.6. The Balaban J connectivity index is 1.50. The second-order valence-corrected chi connectivity index (χ2v) is 9.19. The molecule has 0 saturated carbocycles. The molecule has 1 N–H and O–H groups in total. The number of methoxy groups -OCH3 is 4. The summed E-state index contributed by atoms with van der Waals surface area (Å²) >= 11 is 1.26. The van der Waals surface area contributed by atoms with Crippen molar-refractivity contribution < 1.29 is 23.7 Å². The van der Waals surface area contributed by atoms with Crippen molar-refractivity contribution in [1.82, 2.24) is 20.2 Å². The first-order valence-corrected chi connectivity index (χ1v) is 12.9. The quantitative estimate of drug-likeness (QED) is 0.166. The molecule has 3 aromatic carbocycles. The zero-order chi connectivity index (χ0) is 27.8. The number of thioether (sulfide) groups is 1. The normalized spacial score (nSPS) is 10.9. The number of hydrazone groups is 1. The van der Waals surface area contributed by atoms with Gasteiger partial charge in [-0.15, -0.1) is 10.2 Å². The van der Waals surface area contributed by atoms with Crippen LogP contribution < -0.4 is 24.4 Å². The molecule has 0 bridgehead atoms. The zero-order valence-corrected chi connectivity index (χ0v) is 23.1. The Morgan fingerprint density at radius 1 is 0.923 bits per heavy atom. The lowest BCUT2D eigenvalue weighted by Crippen LogP contribution is -2.20. The van der Waals surface area contributed by atoms with Gasteiger partial charge in [0.15, 0.2) is 22.5 Å². The summed E-state index contributed by atoms with van der Waals surface area (Å²) in [6.07, 6.45) is 1.50. The largest absolute Gasteiger partial charge is 0.497 e. The fourth-order valence-corrected chi connectivity index (χ4v) is 4.48. The number of hydrogen-bond donors (Lipinski definition) is 1. The van der Waals surface area contributed by atoms with Crippen molar-refractivity contribution in [2.24, 2.45) is 5.10 Å². The topological polar surface area (TPSA) is 109 Å². The van der Waals surface area contributed by atoms with E-state index in [1.807, 2.05) is 60.0 Å². The number of benzene rings is 3. The monoisotopic (exact) mass is 547 g/mol. The van der Waals surface area contributed by atoms with Crippen LogP contribution in [0.25, 0.3) is 17.1 Å². The molecule has 0 unspecified atom stereocenters. The molecule has 0 aliphatic carbocycles. The van der Waals surface area contributed by atoms with Gasteiger partial charge in [-0.25, -0.2) is 5.43 Å². The number of hydrogen-bond acceptors (Lipinski definition) is 9. The fraction of sp³-hybridized carbons (Fsp3) is 0.214. The van der Waals surface area contributed by atoms with Crippen LogP contribution in [0.4, 0.5) is 0 Å². The molecule has 0 radical (unpaired) electrons. The lowest BCUT2D eigenvalue weighted by atomic mass is 10.2. The first-order valence-electron chi connectivity index (χ1n) is 11.9. The molecule has 10 nitrogen and oxygen atoms in total. The van der Waals surface area contributed by atoms with Crippen molar-refractivity contribution in [2.75, 3.05) is 34.2 Å². The molecule has 0 fully saturated rings. The summed E-state index contributed by atoms with van der Waals surface area (Å²) in [6.45, 7) is 2.03. The first kappa shape index (κ1) is 27.5. The van der Waals surface area contributed by atoms with E-state index in [4.69, 9.17) is 18.9 Å². The van der Waals surface area contributed by atoms with Gasteiger partial charge in [-0.2, -0.15) is 5.10 Å². The molecule has 39 heavy (non-hydrogen) atoms. The van der Waals surface area contributed by atoms with Crippen molar-refractivity contribution >= 4 is 23.9 Å². The fourth-order valence-electron chi connectivity index (χ4n) is 3.73. The van der Waals surface area contributed by atoms with Crippen LogP contribution >= 0.6 is 11.8 Å². The predicted octanol–water partition coefficient (Wildman–Crippen LogP) is 4.52. The molecular formula is C28H29N5O5S. The van der Waals surface area contributed by atoms with Gasteiger partial charge in [-0.05, 0) is 55.5 Å². The van der Waals surface area contributed by atoms with Crippen LogP contribution in [-0.2, 0) is 4.79 Å². The molecule has 4 rings (SSSR count). The van der Waals surface area contributed by atoms with Crippen molar-refractivity contribution in [2.45, 2.75) is 12.1 Å². The first-order chi connectivity index (χ1) is 19.0. The molecule has 0 saturated heterocycles. The van der Waals surface area contributed by atoms with Crippen LogP contribution in [-0.4, -0.2) is 61.1 Å². The highest BCUT2D eigenvalue weighted by atomic mass is 32.2. The average Bonchev–Trinajstić information content (AvgIpc) is 3.39. The summed E-state index contributed by atoms with van der Waals surface area (Å²) in [7, 11) is 6.23. The van der Waals surface area contributed by atoms with Crippen molar-refractivity contribution in [3.05, 3.63) is 71.8 Å². The summed E-state index contributed by atoms with van der Waals surface area (Å²) < 4.78 is 23.2. The number of carbonyl (C=O) groups is 1. The van der Waals surface area contributed by atoms with Crippen LogP contribution in [0, 0.1) is 6.92 Å². The molecule has 1 aromatic heterocycles. The molecule has 4 aromatic rings. The van der Waals surface area contributed by atoms with E-state index in [-0.39, 0.29) is 11.7 Å². The van der Waals surface area contributed by atoms with Crippen LogP contribution in [0.5, 0.6) is 23.0 Å². The molecule has 0 aliphatic heterocycles. The maximum atomic E-state index is 12.6. The SMILES string of the molecule is COc1ccc(-c2nnc(SCC(=O)N/N=C\c3cc(OC)c(OC)c(OC)c3)n2-c2ccc(C)cc2)cc1. The molecule has 0 atom stereocenters. The number of amides is 1. The highest BCUT2D eigenvalue weighted by Gasteiger charge is 2.18. The van der Waals surface area contributed by atoms with E-state index in [1.54, 1.807) is 19.2 Å². The van der Waals surface area contributed by atoms with Gasteiger partial charge in [0.1, 0.15) is 5.75 Å². The smallest absolute Gasteiger partial charge is 0.250 e. The Hall–Kier alpha value is -4.51. The summed E-state index contributed by atoms with van der Waals surface area (Å²) in [5.74, 6) is 2.64. The zero-order valence-electron chi connectivity index (χ0n) is 22.3. The van der Waals surface area contributed by atoms with Crippen LogP contribution in [0.2, 0.25) is 0 Å². The van der Waals surface area contributed by atoms with Gasteiger partial charge in [0.25, 0.3) is 5.91 Å². The van der Waals surface area contributed by atoms with E-state index < -0.39 is 0 Å². The number of rotatable bonds is 11. The number of aromatic nitrogens is 3. The van der Waals surface area contributed by atoms with E-state index >= 15 is 0 Å². The second kappa shape index (κ2) is 12.8. The van der Waals surface area contributed by atoms with E-state index in [0.29, 0.717) is 33.8 Å². The van der Waals surface area contributed by atoms with Gasteiger partial charge in [0, 0.05) is 16.8 Å². The van der Waals surface area contributed by atoms with Gasteiger partial charge in [-0.3, -0.25) is 9.36 Å². The van der Waals surface area contributed by atoms with Gasteiger partial charge in [-0.1, -0.05) is 29.5 Å². The molecule has 202 valence electrons. The van der Waals surface area contributed by atoms with E-state index in [9.17, 15) is 4.79 Å². The highest BCUT2D eigenvalue weighted by Crippen LogP contribution is 2.37. The minimum atomic E-state index is -0.298. The van der Waals surface area contributed by atoms with Crippen molar-refractivity contribution in [3.8, 4) is 40.1 Å². The van der Waals surface area contributed by atoms with E-state index in [0.717, 1.165) is 22.6 Å². The number of ether oxygens (including phenoxy) is 4. The molecule has 11 heteroatoms. The third kappa shape index (κ3) is 6.50. The number of nitrogens with zero attached hydrogens (tertiary/aromatic N) is 4. The third-order valence-electron chi connectivity index (χ3n) is 5.70. The second-order valence-electron chi connectivity index (χ2n) is 8.25. The Morgan fingerprint density at radius 2 is 1.59 bits per heavy atom. The molecule has 1 amide bonds. The van der Waals surface area contributed by atoms with Crippen LogP contribution in [0.15, 0.2) is 70.9 Å². The molecular weight excluding hydrogens is 518 g/mol. The molecule has 1 heterocycles. The van der Waals surface area contributed by atoms with Gasteiger partial charge in [0.2, 0.25) is 5.75 Å². The van der Waals surface area contributed by atoms with Crippen molar-refractivity contribution in [1.29, 1.82) is 0 Å². The minimum absolute atomic E-state index is 0.0825. The molecule has 0 spiro atoms. The van der Waals surface area contributed by atoms with Crippen LogP contribution in [0.1, 0.15) is 11.1 Å². The number of aryl methyl sites for hydroxylation is 1. The summed E-state index contributed by atoms with van der Waals surface area (Å²) in [6, 6.07) is 19.1. The molecule has 0 aliphatic rings. The number of nitrogens with one attached hydrogen (secondary N) is 1. The Labute approximate surface area is 231 Å². The van der Waals surface area contributed by atoms with Gasteiger partial charge < -0.3 is 18.9 Å². The summed E-state index contributed by atoms with van der Waals surface area (Å²) in [5, 5.41) is 13.5. The Bertz CT molecular complexity index is 1430. The third-order valence-corrected chi connectivity index (χ3v) is 6.62. The Morgan fingerprint density at radius 3 is 2.18 bits per heavy atom. The maximum Gasteiger partial charge on any atom is 0.250 e. The standard InChI is InChI=1S/C28H29N5O5S/c1-18-6-10-21(11-7-18)33-27(20-8-12-22(35-2)13-9-20)31-32-28(33)39-17-25(34)30-29-16-19-14-23(36-3)26(38-5)24(15-19)37-4/h6-16H,17H2,1-5H3,(H,30,34)/b29-16-. The predicted molar refractivity (Wildman–Crippen MR) is 151 cm³/mol. The maximum absolute atomic E-state index is 12.6. The van der Waals surface area contributed by atoms with E-state index in [2.05, 4.69) is 20.7 Å². The minimum Gasteiger partial charge on any atom is -0.497 e. The summed E-state index contributed by atoms with van der Waals surface area (Å²) in [5.41, 5.74) is 6.11.